The summed E-state index contributed by atoms with van der Waals surface area (Å²) in [6.07, 6.45) is 0.334. The van der Waals surface area contributed by atoms with Gasteiger partial charge in [0.1, 0.15) is 18.1 Å². The summed E-state index contributed by atoms with van der Waals surface area (Å²) < 4.78 is 57.7. The second-order valence-corrected chi connectivity index (χ2v) is 11.4. The van der Waals surface area contributed by atoms with Crippen LogP contribution in [0.2, 0.25) is 0 Å². The first-order valence-corrected chi connectivity index (χ1v) is 14.0. The van der Waals surface area contributed by atoms with Gasteiger partial charge in [-0.2, -0.15) is 0 Å². The zero-order chi connectivity index (χ0) is 24.9. The first kappa shape index (κ1) is 27.1. The predicted molar refractivity (Wildman–Crippen MR) is 123 cm³/mol. The largest absolute Gasteiger partial charge is 0.417 e. The van der Waals surface area contributed by atoms with Crippen molar-refractivity contribution >= 4 is 32.5 Å². The van der Waals surface area contributed by atoms with E-state index in [1.54, 1.807) is 32.3 Å². The molecule has 0 spiro atoms. The Morgan fingerprint density at radius 2 is 1.62 bits per heavy atom. The number of ether oxygens (including phenoxy) is 1. The van der Waals surface area contributed by atoms with E-state index in [9.17, 15) is 14.2 Å². The molecule has 1 aliphatic rings. The van der Waals surface area contributed by atoms with Gasteiger partial charge in [0.25, 0.3) is 0 Å². The third kappa shape index (κ3) is 5.51. The standard InChI is InChI=1S/C18H32N6O8P2/c1-5-28-33(26,29-6-2)24(34(27,30-7-3)31-8-4)10-14-13(25)9-15(32-14)23-12-22-16-17(19)20-11-21-18(16)23/h11-15,25H,5-10H2,1-4H3,(H2,19,20,21)/t13?,14-,15-/m1/s1. The Balaban J connectivity index is 1.93. The number of imidazole rings is 1. The van der Waals surface area contributed by atoms with Gasteiger partial charge in [-0.15, -0.1) is 4.44 Å². The maximum atomic E-state index is 13.7. The summed E-state index contributed by atoms with van der Waals surface area (Å²) in [7, 11) is -8.28. The van der Waals surface area contributed by atoms with Crippen LogP contribution >= 0.6 is 15.5 Å². The van der Waals surface area contributed by atoms with Crippen molar-refractivity contribution in [1.82, 2.24) is 24.0 Å². The lowest BCUT2D eigenvalue weighted by Gasteiger charge is -2.35. The minimum Gasteiger partial charge on any atom is -0.390 e. The molecule has 0 aromatic carbocycles. The Hall–Kier alpha value is -1.47. The van der Waals surface area contributed by atoms with Gasteiger partial charge in [0.05, 0.1) is 45.0 Å². The number of aromatic nitrogens is 4. The molecule has 16 heteroatoms. The molecule has 192 valence electrons. The van der Waals surface area contributed by atoms with Crippen LogP contribution in [0, 0.1) is 0 Å². The van der Waals surface area contributed by atoms with Crippen molar-refractivity contribution in [2.75, 3.05) is 38.7 Å². The van der Waals surface area contributed by atoms with Crippen LogP contribution in [0.4, 0.5) is 5.82 Å². The predicted octanol–water partition coefficient (Wildman–Crippen LogP) is 2.72. The topological polar surface area (TPSA) is 173 Å². The second-order valence-electron chi connectivity index (χ2n) is 7.18. The fourth-order valence-corrected chi connectivity index (χ4v) is 8.02. The van der Waals surface area contributed by atoms with Crippen molar-refractivity contribution in [2.45, 2.75) is 52.6 Å². The first-order chi connectivity index (χ1) is 16.2. The van der Waals surface area contributed by atoms with Gasteiger partial charge in [0.15, 0.2) is 11.5 Å². The molecule has 1 unspecified atom stereocenters. The molecule has 0 bridgehead atoms. The number of nitrogens with zero attached hydrogens (tertiary/aromatic N) is 5. The van der Waals surface area contributed by atoms with Crippen LogP contribution in [0.3, 0.4) is 0 Å². The number of hydrogen-bond donors (Lipinski definition) is 2. The number of aliphatic hydroxyl groups excluding tert-OH is 1. The second kappa shape index (κ2) is 11.5. The summed E-state index contributed by atoms with van der Waals surface area (Å²) in [5, 5.41) is 10.8. The minimum atomic E-state index is -4.14. The third-order valence-corrected chi connectivity index (χ3v) is 10.1. The van der Waals surface area contributed by atoms with Gasteiger partial charge >= 0.3 is 15.5 Å². The zero-order valence-electron chi connectivity index (χ0n) is 19.6. The number of rotatable bonds is 13. The van der Waals surface area contributed by atoms with Gasteiger partial charge in [-0.05, 0) is 27.7 Å². The van der Waals surface area contributed by atoms with E-state index in [4.69, 9.17) is 28.6 Å². The van der Waals surface area contributed by atoms with E-state index in [0.29, 0.717) is 11.2 Å². The van der Waals surface area contributed by atoms with E-state index in [2.05, 4.69) is 15.0 Å². The maximum Gasteiger partial charge on any atom is 0.417 e. The van der Waals surface area contributed by atoms with Gasteiger partial charge in [0.2, 0.25) is 0 Å². The molecule has 0 amide bonds. The molecule has 1 saturated heterocycles. The summed E-state index contributed by atoms with van der Waals surface area (Å²) in [5.74, 6) is 0.216. The van der Waals surface area contributed by atoms with Crippen LogP contribution in [-0.4, -0.2) is 74.2 Å². The van der Waals surface area contributed by atoms with Crippen LogP contribution in [0.15, 0.2) is 12.7 Å². The number of fused-ring (bicyclic) bond motifs is 1. The summed E-state index contributed by atoms with van der Waals surface area (Å²) >= 11 is 0. The monoisotopic (exact) mass is 522 g/mol. The molecule has 3 N–H and O–H groups in total. The van der Waals surface area contributed by atoms with E-state index in [1.165, 1.54) is 12.7 Å². The van der Waals surface area contributed by atoms with E-state index in [1.807, 2.05) is 0 Å². The van der Waals surface area contributed by atoms with Gasteiger partial charge < -0.3 is 15.6 Å². The highest BCUT2D eigenvalue weighted by Gasteiger charge is 2.51. The lowest BCUT2D eigenvalue weighted by Crippen LogP contribution is -2.36. The Morgan fingerprint density at radius 3 is 2.15 bits per heavy atom. The molecule has 1 aliphatic heterocycles. The van der Waals surface area contributed by atoms with Crippen LogP contribution in [0.5, 0.6) is 0 Å². The number of hydrogen-bond acceptors (Lipinski definition) is 12. The van der Waals surface area contributed by atoms with Gasteiger partial charge in [-0.25, -0.2) is 24.1 Å². The molecule has 34 heavy (non-hydrogen) atoms. The average Bonchev–Trinajstić information content (AvgIpc) is 3.36. The minimum absolute atomic E-state index is 0.0187. The smallest absolute Gasteiger partial charge is 0.390 e. The van der Waals surface area contributed by atoms with Crippen LogP contribution in [0.25, 0.3) is 11.2 Å². The lowest BCUT2D eigenvalue weighted by atomic mass is 10.2. The fourth-order valence-electron chi connectivity index (χ4n) is 3.62. The average molecular weight is 522 g/mol. The molecule has 1 fully saturated rings. The van der Waals surface area contributed by atoms with Crippen molar-refractivity contribution in [3.63, 3.8) is 0 Å². The number of nitrogens with two attached hydrogens (primary N) is 1. The molecule has 0 saturated carbocycles. The molecule has 0 radical (unpaired) electrons. The number of anilines is 1. The molecule has 14 nitrogen and oxygen atoms in total. The molecular formula is C18H32N6O8P2. The van der Waals surface area contributed by atoms with Crippen molar-refractivity contribution in [3.05, 3.63) is 12.7 Å². The molecule has 3 rings (SSSR count). The fraction of sp³-hybridized carbons (Fsp3) is 0.722. The van der Waals surface area contributed by atoms with Crippen molar-refractivity contribution in [3.8, 4) is 0 Å². The van der Waals surface area contributed by atoms with Crippen molar-refractivity contribution < 1.29 is 37.1 Å². The highest BCUT2D eigenvalue weighted by atomic mass is 31.3. The Morgan fingerprint density at radius 1 is 1.06 bits per heavy atom. The van der Waals surface area contributed by atoms with Crippen LogP contribution in [-0.2, 0) is 32.0 Å². The number of nitrogen functional groups attached to an aromatic ring is 1. The Labute approximate surface area is 197 Å². The number of aliphatic hydroxyl groups is 1. The van der Waals surface area contributed by atoms with Gasteiger partial charge in [-0.3, -0.25) is 22.7 Å². The first-order valence-electron chi connectivity index (χ1n) is 11.1. The molecule has 0 aliphatic carbocycles. The van der Waals surface area contributed by atoms with Gasteiger partial charge in [-0.1, -0.05) is 0 Å². The van der Waals surface area contributed by atoms with E-state index >= 15 is 0 Å². The normalized spacial score (nSPS) is 21.6. The quantitative estimate of drug-likeness (QED) is 0.368. The van der Waals surface area contributed by atoms with E-state index in [-0.39, 0.29) is 45.2 Å². The lowest BCUT2D eigenvalue weighted by molar-refractivity contribution is -0.0239. The summed E-state index contributed by atoms with van der Waals surface area (Å²) in [6, 6.07) is 0. The van der Waals surface area contributed by atoms with Crippen molar-refractivity contribution in [2.24, 2.45) is 0 Å². The third-order valence-electron chi connectivity index (χ3n) is 4.98. The van der Waals surface area contributed by atoms with E-state index < -0.39 is 33.9 Å². The van der Waals surface area contributed by atoms with Gasteiger partial charge in [0, 0.05) is 13.0 Å². The maximum absolute atomic E-state index is 13.7. The molecular weight excluding hydrogens is 490 g/mol. The summed E-state index contributed by atoms with van der Waals surface area (Å²) in [6.45, 7) is 6.28. The summed E-state index contributed by atoms with van der Waals surface area (Å²) in [5.41, 5.74) is 6.70. The Bertz CT molecular complexity index is 1000. The summed E-state index contributed by atoms with van der Waals surface area (Å²) in [4.78, 5) is 12.3. The highest BCUT2D eigenvalue weighted by Crippen LogP contribution is 2.68. The zero-order valence-corrected chi connectivity index (χ0v) is 21.4. The van der Waals surface area contributed by atoms with Crippen molar-refractivity contribution in [1.29, 1.82) is 0 Å². The molecule has 2 aromatic heterocycles. The molecule has 2 aromatic rings. The molecule has 3 heterocycles. The van der Waals surface area contributed by atoms with Crippen LogP contribution in [0.1, 0.15) is 40.3 Å². The highest BCUT2D eigenvalue weighted by molar-refractivity contribution is 7.67. The Kier molecular flexibility index (Phi) is 9.18. The van der Waals surface area contributed by atoms with Crippen LogP contribution < -0.4 is 5.73 Å². The molecule has 3 atom stereocenters. The SMILES string of the molecule is CCOP(=O)(OCC)N(C[C@H]1O[C@@H](n2cnc3c(N)ncnc32)CC1O)P(=O)(OCC)OCC. The van der Waals surface area contributed by atoms with E-state index in [0.717, 1.165) is 4.44 Å².